The van der Waals surface area contributed by atoms with E-state index in [1.165, 1.54) is 23.9 Å². The van der Waals surface area contributed by atoms with Crippen LogP contribution in [-0.4, -0.2) is 60.9 Å². The van der Waals surface area contributed by atoms with Gasteiger partial charge in [-0.05, 0) is 74.4 Å². The van der Waals surface area contributed by atoms with E-state index in [0.29, 0.717) is 23.0 Å². The van der Waals surface area contributed by atoms with E-state index in [9.17, 15) is 34.8 Å². The van der Waals surface area contributed by atoms with Crippen LogP contribution in [0, 0.1) is 13.8 Å². The third kappa shape index (κ3) is 10.6. The van der Waals surface area contributed by atoms with Crippen LogP contribution in [0.4, 0.5) is 30.5 Å². The van der Waals surface area contributed by atoms with Gasteiger partial charge in [0.05, 0.1) is 23.3 Å². The Balaban J connectivity index is 0.000000417. The fraction of sp³-hybridized carbons (Fsp3) is 0.219. The number of aromatic nitrogens is 5. The summed E-state index contributed by atoms with van der Waals surface area (Å²) in [5.74, 6) is -0.259. The Bertz CT molecular complexity index is 2200. The Morgan fingerprint density at radius 1 is 0.961 bits per heavy atom. The van der Waals surface area contributed by atoms with E-state index in [2.05, 4.69) is 30.6 Å². The maximum Gasteiger partial charge on any atom is 0.416 e. The molecule has 270 valence electrons. The fourth-order valence-electron chi connectivity index (χ4n) is 4.56. The van der Waals surface area contributed by atoms with Crippen molar-refractivity contribution in [3.05, 3.63) is 108 Å². The van der Waals surface area contributed by atoms with Gasteiger partial charge in [0.2, 0.25) is 10.5 Å². The molecule has 4 N–H and O–H groups in total. The number of rotatable bonds is 10. The van der Waals surface area contributed by atoms with Crippen molar-refractivity contribution in [3.8, 4) is 16.9 Å². The average molecular weight is 748 g/mol. The predicted octanol–water partition coefficient (Wildman–Crippen LogP) is 6.24. The van der Waals surface area contributed by atoms with E-state index in [4.69, 9.17) is 9.11 Å². The highest BCUT2D eigenvalue weighted by atomic mass is 32.3. The second-order valence-corrected chi connectivity index (χ2v) is 14.5. The summed E-state index contributed by atoms with van der Waals surface area (Å²) < 4.78 is 98.5. The summed E-state index contributed by atoms with van der Waals surface area (Å²) in [5, 5.41) is 5.71. The van der Waals surface area contributed by atoms with Crippen molar-refractivity contribution in [1.82, 2.24) is 24.5 Å². The summed E-state index contributed by atoms with van der Waals surface area (Å²) >= 11 is 0. The van der Waals surface area contributed by atoms with Gasteiger partial charge in [0.25, 0.3) is 26.1 Å². The smallest absolute Gasteiger partial charge is 0.324 e. The van der Waals surface area contributed by atoms with Crippen LogP contribution in [0.5, 0.6) is 0 Å². The van der Waals surface area contributed by atoms with Crippen LogP contribution >= 0.6 is 0 Å². The van der Waals surface area contributed by atoms with Gasteiger partial charge in [-0.2, -0.15) is 30.0 Å². The van der Waals surface area contributed by atoms with Crippen molar-refractivity contribution in [2.24, 2.45) is 0 Å². The molecule has 5 rings (SSSR count). The van der Waals surface area contributed by atoms with Gasteiger partial charge in [-0.15, -0.1) is 0 Å². The Morgan fingerprint density at radius 2 is 1.69 bits per heavy atom. The van der Waals surface area contributed by atoms with Crippen LogP contribution in [0.2, 0.25) is 0 Å². The van der Waals surface area contributed by atoms with Gasteiger partial charge in [-0.25, -0.2) is 15.0 Å². The molecule has 0 fully saturated rings. The lowest BCUT2D eigenvalue weighted by Gasteiger charge is -2.14. The fourth-order valence-corrected chi connectivity index (χ4v) is 6.86. The van der Waals surface area contributed by atoms with Crippen molar-refractivity contribution >= 4 is 43.5 Å². The molecule has 51 heavy (non-hydrogen) atoms. The molecule has 19 heteroatoms. The zero-order chi connectivity index (χ0) is 37.6. The molecule has 5 aromatic rings. The third-order valence-corrected chi connectivity index (χ3v) is 10.3. The molecule has 3 heterocycles. The van der Waals surface area contributed by atoms with E-state index in [1.54, 1.807) is 62.0 Å². The number of anilines is 3. The minimum Gasteiger partial charge on any atom is -0.324 e. The Hall–Kier alpha value is -5.24. The first-order chi connectivity index (χ1) is 23.8. The number of imidazole rings is 1. The molecule has 0 spiro atoms. The molecule has 0 saturated carbocycles. The van der Waals surface area contributed by atoms with Gasteiger partial charge in [-0.3, -0.25) is 18.9 Å². The zero-order valence-corrected chi connectivity index (χ0v) is 28.8. The van der Waals surface area contributed by atoms with E-state index in [0.717, 1.165) is 23.3 Å². The number of pyridine rings is 1. The van der Waals surface area contributed by atoms with Crippen LogP contribution in [0.3, 0.4) is 0 Å². The van der Waals surface area contributed by atoms with Crippen molar-refractivity contribution < 1.29 is 43.9 Å². The molecule has 0 radical (unpaired) electrons. The predicted molar refractivity (Wildman–Crippen MR) is 183 cm³/mol. The molecule has 2 aromatic carbocycles. The number of hydrogen-bond acceptors (Lipinski definition) is 10. The van der Waals surface area contributed by atoms with Crippen LogP contribution in [0.15, 0.2) is 85.7 Å². The van der Waals surface area contributed by atoms with Crippen LogP contribution in [0.25, 0.3) is 16.9 Å². The van der Waals surface area contributed by atoms with Gasteiger partial charge in [-0.1, -0.05) is 19.4 Å². The number of benzene rings is 2. The molecule has 0 aliphatic carbocycles. The van der Waals surface area contributed by atoms with Gasteiger partial charge in [0.15, 0.2) is 0 Å². The van der Waals surface area contributed by atoms with Crippen molar-refractivity contribution in [1.29, 1.82) is 0 Å². The number of nitrogens with one attached hydrogen (secondary N) is 2. The normalized spacial score (nSPS) is 11.9. The molecular weight excluding hydrogens is 716 g/mol. The zero-order valence-electron chi connectivity index (χ0n) is 27.2. The quantitative estimate of drug-likeness (QED) is 0.117. The highest BCUT2D eigenvalue weighted by Crippen LogP contribution is 2.33. The summed E-state index contributed by atoms with van der Waals surface area (Å²) in [7, 11) is -9.45. The molecule has 1 amide bonds. The first-order valence-electron chi connectivity index (χ1n) is 14.9. The van der Waals surface area contributed by atoms with E-state index in [1.807, 2.05) is 13.0 Å². The Kier molecular flexibility index (Phi) is 11.9. The maximum atomic E-state index is 13.6. The largest absolute Gasteiger partial charge is 0.416 e. The SMILES string of the molecule is CCCC(S(=O)(=O)O)S(=O)(=O)O.Cc1cn(-c2cc(NC(=O)c3ccc(C)c(Nc4nccc(-c5cccnc5)n4)c3)cc(C(F)(F)F)c2)cn1. The van der Waals surface area contributed by atoms with Crippen LogP contribution < -0.4 is 10.6 Å². The summed E-state index contributed by atoms with van der Waals surface area (Å²) in [6, 6.07) is 13.7. The van der Waals surface area contributed by atoms with Crippen LogP contribution in [0.1, 0.15) is 46.9 Å². The van der Waals surface area contributed by atoms with Gasteiger partial charge in [0.1, 0.15) is 0 Å². The van der Waals surface area contributed by atoms with Crippen LogP contribution in [-0.2, 0) is 26.4 Å². The number of aryl methyl sites for hydroxylation is 2. The average Bonchev–Trinajstić information content (AvgIpc) is 3.50. The molecule has 0 atom stereocenters. The topological polar surface area (TPSA) is 206 Å². The summed E-state index contributed by atoms with van der Waals surface area (Å²) in [6.07, 6.45) is 3.29. The molecular formula is C32H32F3N7O7S2. The molecule has 0 unspecified atom stereocenters. The molecule has 0 bridgehead atoms. The molecule has 14 nitrogen and oxygen atoms in total. The Morgan fingerprint density at radius 3 is 2.25 bits per heavy atom. The molecule has 0 aliphatic heterocycles. The molecule has 0 aliphatic rings. The number of nitrogens with zero attached hydrogens (tertiary/aromatic N) is 5. The van der Waals surface area contributed by atoms with Crippen molar-refractivity contribution in [2.75, 3.05) is 10.6 Å². The van der Waals surface area contributed by atoms with Gasteiger partial charge < -0.3 is 15.2 Å². The van der Waals surface area contributed by atoms with Crippen molar-refractivity contribution in [3.63, 3.8) is 0 Å². The highest BCUT2D eigenvalue weighted by molar-refractivity contribution is 8.03. The van der Waals surface area contributed by atoms with E-state index < -0.39 is 42.5 Å². The van der Waals surface area contributed by atoms with Gasteiger partial charge >= 0.3 is 6.18 Å². The van der Waals surface area contributed by atoms with E-state index in [-0.39, 0.29) is 29.8 Å². The molecule has 0 saturated heterocycles. The number of alkyl halides is 3. The molecule has 3 aromatic heterocycles. The standard InChI is InChI=1S/C28H22F3N7O.C4H10O6S2/c1-17-5-6-19(10-25(17)37-27-33-9-7-24(36-27)20-4-3-8-32-14-20)26(39)35-22-11-21(28(29,30)31)12-23(13-22)38-15-18(2)34-16-38;1-2-3-4(11(5,6)7)12(8,9)10/h3-16H,1-2H3,(H,35,39)(H,33,36,37);4H,2-3H2,1H3,(H,5,6,7)(H,8,9,10). The number of halogens is 3. The second kappa shape index (κ2) is 15.8. The van der Waals surface area contributed by atoms with Gasteiger partial charge in [0, 0.05) is 53.0 Å². The summed E-state index contributed by atoms with van der Waals surface area (Å²) in [4.78, 5) is 30.1. The Labute approximate surface area is 291 Å². The minimum absolute atomic E-state index is 0.00114. The highest BCUT2D eigenvalue weighted by Gasteiger charge is 2.34. The first-order valence-corrected chi connectivity index (χ1v) is 17.9. The second-order valence-electron chi connectivity index (χ2n) is 11.1. The lowest BCUT2D eigenvalue weighted by Crippen LogP contribution is -2.29. The number of carbonyl (C=O) groups excluding carboxylic acids is 1. The monoisotopic (exact) mass is 747 g/mol. The van der Waals surface area contributed by atoms with E-state index >= 15 is 0 Å². The van der Waals surface area contributed by atoms with Crippen molar-refractivity contribution in [2.45, 2.75) is 44.4 Å². The maximum absolute atomic E-state index is 13.6. The number of hydrogen-bond donors (Lipinski definition) is 4. The lowest BCUT2D eigenvalue weighted by molar-refractivity contribution is -0.137. The summed E-state index contributed by atoms with van der Waals surface area (Å²) in [6.45, 7) is 5.11. The lowest BCUT2D eigenvalue weighted by atomic mass is 10.1. The minimum atomic E-state index is -4.72. The number of amides is 1. The number of carbonyl (C=O) groups is 1. The summed E-state index contributed by atoms with van der Waals surface area (Å²) in [5.41, 5.74) is 3.09. The first kappa shape index (κ1) is 38.6. The third-order valence-electron chi connectivity index (χ3n) is 7.06.